The smallest absolute Gasteiger partial charge is 0.330 e. The van der Waals surface area contributed by atoms with Crippen molar-refractivity contribution in [3.05, 3.63) is 35.9 Å². The summed E-state index contributed by atoms with van der Waals surface area (Å²) in [6, 6.07) is 7.40. The Labute approximate surface area is 118 Å². The maximum Gasteiger partial charge on any atom is 0.330 e. The van der Waals surface area contributed by atoms with Crippen molar-refractivity contribution < 1.29 is 14.7 Å². The minimum atomic E-state index is -1.06. The summed E-state index contributed by atoms with van der Waals surface area (Å²) in [4.78, 5) is 23.2. The highest BCUT2D eigenvalue weighted by atomic mass is 16.4. The third kappa shape index (κ3) is 3.50. The normalized spacial score (nSPS) is 23.1. The van der Waals surface area contributed by atoms with Crippen LogP contribution in [0.15, 0.2) is 30.3 Å². The largest absolute Gasteiger partial charge is 0.479 e. The van der Waals surface area contributed by atoms with Crippen molar-refractivity contribution in [3.63, 3.8) is 0 Å². The molecular formula is C15H20N2O3. The Bertz CT molecular complexity index is 475. The molecule has 1 saturated carbocycles. The molecule has 5 nitrogen and oxygen atoms in total. The van der Waals surface area contributed by atoms with E-state index in [1.54, 1.807) is 24.3 Å². The number of hydrogen-bond acceptors (Lipinski definition) is 2. The van der Waals surface area contributed by atoms with Gasteiger partial charge in [-0.2, -0.15) is 0 Å². The minimum Gasteiger partial charge on any atom is -0.479 e. The highest BCUT2D eigenvalue weighted by Gasteiger charge is 2.27. The van der Waals surface area contributed by atoms with Gasteiger partial charge in [-0.15, -0.1) is 0 Å². The average molecular weight is 276 g/mol. The first-order valence-electron chi connectivity index (χ1n) is 6.92. The molecule has 0 spiro atoms. The van der Waals surface area contributed by atoms with Crippen molar-refractivity contribution in [1.82, 2.24) is 10.6 Å². The lowest BCUT2D eigenvalue weighted by molar-refractivity contribution is -0.139. The number of nitrogens with one attached hydrogen (secondary N) is 2. The van der Waals surface area contributed by atoms with Crippen LogP contribution in [-0.4, -0.2) is 23.1 Å². The van der Waals surface area contributed by atoms with Gasteiger partial charge >= 0.3 is 12.0 Å². The Kier molecular flexibility index (Phi) is 4.61. The second-order valence-corrected chi connectivity index (χ2v) is 5.31. The van der Waals surface area contributed by atoms with Crippen molar-refractivity contribution in [2.24, 2.45) is 5.92 Å². The van der Waals surface area contributed by atoms with Gasteiger partial charge in [-0.05, 0) is 24.3 Å². The molecule has 1 aromatic carbocycles. The first-order valence-corrected chi connectivity index (χ1v) is 6.92. The zero-order valence-electron chi connectivity index (χ0n) is 11.5. The molecule has 1 fully saturated rings. The summed E-state index contributed by atoms with van der Waals surface area (Å²) in [5.74, 6) is -0.619. The van der Waals surface area contributed by atoms with Gasteiger partial charge in [-0.1, -0.05) is 43.7 Å². The van der Waals surface area contributed by atoms with Crippen molar-refractivity contribution in [2.45, 2.75) is 38.3 Å². The van der Waals surface area contributed by atoms with Crippen LogP contribution < -0.4 is 10.6 Å². The van der Waals surface area contributed by atoms with Crippen LogP contribution in [0.3, 0.4) is 0 Å². The standard InChI is InChI=1S/C15H20N2O3/c1-10-6-5-9-12(10)16-15(20)17-13(14(18)19)11-7-3-2-4-8-11/h2-4,7-8,10,12-13H,5-6,9H2,1H3,(H,18,19)(H2,16,17,20). The second-order valence-electron chi connectivity index (χ2n) is 5.31. The van der Waals surface area contributed by atoms with Gasteiger partial charge in [0.1, 0.15) is 0 Å². The number of carboxylic acids is 1. The maximum absolute atomic E-state index is 11.9. The number of carbonyl (C=O) groups is 2. The van der Waals surface area contributed by atoms with Crippen LogP contribution in [0.1, 0.15) is 37.8 Å². The summed E-state index contributed by atoms with van der Waals surface area (Å²) >= 11 is 0. The lowest BCUT2D eigenvalue weighted by Crippen LogP contribution is -2.46. The van der Waals surface area contributed by atoms with E-state index >= 15 is 0 Å². The fourth-order valence-corrected chi connectivity index (χ4v) is 2.63. The van der Waals surface area contributed by atoms with E-state index in [9.17, 15) is 14.7 Å². The van der Waals surface area contributed by atoms with E-state index in [1.165, 1.54) is 0 Å². The Balaban J connectivity index is 1.98. The Morgan fingerprint density at radius 3 is 2.50 bits per heavy atom. The molecule has 1 aliphatic rings. The van der Waals surface area contributed by atoms with Crippen LogP contribution in [-0.2, 0) is 4.79 Å². The molecule has 0 aromatic heterocycles. The third-order valence-electron chi connectivity index (χ3n) is 3.83. The van der Waals surface area contributed by atoms with Crippen LogP contribution in [0.4, 0.5) is 4.79 Å². The van der Waals surface area contributed by atoms with Gasteiger partial charge in [-0.25, -0.2) is 9.59 Å². The first kappa shape index (κ1) is 14.4. The predicted molar refractivity (Wildman–Crippen MR) is 75.3 cm³/mol. The minimum absolute atomic E-state index is 0.139. The van der Waals surface area contributed by atoms with Gasteiger partial charge in [0, 0.05) is 6.04 Å². The number of rotatable bonds is 4. The van der Waals surface area contributed by atoms with E-state index in [0.29, 0.717) is 11.5 Å². The molecule has 3 unspecified atom stereocenters. The van der Waals surface area contributed by atoms with Crippen molar-refractivity contribution >= 4 is 12.0 Å². The van der Waals surface area contributed by atoms with E-state index in [-0.39, 0.29) is 6.04 Å². The molecule has 0 bridgehead atoms. The average Bonchev–Trinajstić information content (AvgIpc) is 2.82. The predicted octanol–water partition coefficient (Wildman–Crippen LogP) is 2.30. The lowest BCUT2D eigenvalue weighted by atomic mass is 10.1. The summed E-state index contributed by atoms with van der Waals surface area (Å²) in [5, 5.41) is 14.6. The lowest BCUT2D eigenvalue weighted by Gasteiger charge is -2.20. The summed E-state index contributed by atoms with van der Waals surface area (Å²) in [5.41, 5.74) is 0.564. The van der Waals surface area contributed by atoms with Crippen LogP contribution in [0, 0.1) is 5.92 Å². The number of amides is 2. The number of hydrogen-bond donors (Lipinski definition) is 3. The van der Waals surface area contributed by atoms with Crippen molar-refractivity contribution in [3.8, 4) is 0 Å². The van der Waals surface area contributed by atoms with Crippen molar-refractivity contribution in [1.29, 1.82) is 0 Å². The van der Waals surface area contributed by atoms with Gasteiger partial charge in [-0.3, -0.25) is 0 Å². The molecule has 0 aliphatic heterocycles. The summed E-state index contributed by atoms with van der Waals surface area (Å²) in [7, 11) is 0. The first-order chi connectivity index (χ1) is 9.58. The van der Waals surface area contributed by atoms with E-state index in [0.717, 1.165) is 19.3 Å². The molecule has 0 saturated heterocycles. The van der Waals surface area contributed by atoms with E-state index in [2.05, 4.69) is 17.6 Å². The molecule has 0 radical (unpaired) electrons. The summed E-state index contributed by atoms with van der Waals surface area (Å²) in [6.45, 7) is 2.10. The van der Waals surface area contributed by atoms with Crippen LogP contribution in [0.2, 0.25) is 0 Å². The Morgan fingerprint density at radius 1 is 1.25 bits per heavy atom. The number of urea groups is 1. The number of carboxylic acid groups (broad SMARTS) is 1. The quantitative estimate of drug-likeness (QED) is 0.789. The summed E-state index contributed by atoms with van der Waals surface area (Å²) < 4.78 is 0. The van der Waals surface area contributed by atoms with Gasteiger partial charge in [0.05, 0.1) is 0 Å². The van der Waals surface area contributed by atoms with Crippen LogP contribution in [0.5, 0.6) is 0 Å². The molecule has 108 valence electrons. The molecule has 0 heterocycles. The SMILES string of the molecule is CC1CCCC1NC(=O)NC(C(=O)O)c1ccccc1. The van der Waals surface area contributed by atoms with Crippen LogP contribution >= 0.6 is 0 Å². The molecule has 2 rings (SSSR count). The molecule has 20 heavy (non-hydrogen) atoms. The fraction of sp³-hybridized carbons (Fsp3) is 0.467. The summed E-state index contributed by atoms with van der Waals surface area (Å²) in [6.07, 6.45) is 3.16. The van der Waals surface area contributed by atoms with Gasteiger partial charge < -0.3 is 15.7 Å². The molecule has 5 heteroatoms. The molecule has 3 N–H and O–H groups in total. The van der Waals surface area contributed by atoms with Crippen molar-refractivity contribution in [2.75, 3.05) is 0 Å². The monoisotopic (exact) mass is 276 g/mol. The van der Waals surface area contributed by atoms with Gasteiger partial charge in [0.2, 0.25) is 0 Å². The van der Waals surface area contributed by atoms with Gasteiger partial charge in [0.25, 0.3) is 0 Å². The highest BCUT2D eigenvalue weighted by Crippen LogP contribution is 2.24. The maximum atomic E-state index is 11.9. The number of carbonyl (C=O) groups excluding carboxylic acids is 1. The van der Waals surface area contributed by atoms with E-state index < -0.39 is 18.0 Å². The van der Waals surface area contributed by atoms with E-state index in [1.807, 2.05) is 6.07 Å². The number of benzene rings is 1. The van der Waals surface area contributed by atoms with E-state index in [4.69, 9.17) is 0 Å². The molecule has 3 atom stereocenters. The number of aliphatic carboxylic acids is 1. The highest BCUT2D eigenvalue weighted by molar-refractivity contribution is 5.83. The molecular weight excluding hydrogens is 256 g/mol. The Morgan fingerprint density at radius 2 is 1.95 bits per heavy atom. The zero-order chi connectivity index (χ0) is 14.5. The Hall–Kier alpha value is -2.04. The van der Waals surface area contributed by atoms with Gasteiger partial charge in [0.15, 0.2) is 6.04 Å². The molecule has 1 aromatic rings. The topological polar surface area (TPSA) is 78.4 Å². The fourth-order valence-electron chi connectivity index (χ4n) is 2.63. The molecule has 1 aliphatic carbocycles. The third-order valence-corrected chi connectivity index (χ3v) is 3.83. The van der Waals surface area contributed by atoms with Crippen LogP contribution in [0.25, 0.3) is 0 Å². The molecule has 2 amide bonds. The second kappa shape index (κ2) is 6.41. The zero-order valence-corrected chi connectivity index (χ0v) is 11.5.